The van der Waals surface area contributed by atoms with Crippen molar-refractivity contribution >= 4 is 21.8 Å². The van der Waals surface area contributed by atoms with E-state index in [0.29, 0.717) is 0 Å². The molecular formula is C15H29NO6S. The van der Waals surface area contributed by atoms with Gasteiger partial charge >= 0.3 is 11.9 Å². The third-order valence-electron chi connectivity index (χ3n) is 2.64. The molecule has 0 rings (SSSR count). The fourth-order valence-electron chi connectivity index (χ4n) is 1.66. The zero-order valence-electron chi connectivity index (χ0n) is 15.3. The van der Waals surface area contributed by atoms with E-state index in [1.54, 1.807) is 41.5 Å². The first-order chi connectivity index (χ1) is 10.0. The Labute approximate surface area is 139 Å². The molecule has 0 aromatic carbocycles. The summed E-state index contributed by atoms with van der Waals surface area (Å²) in [6.45, 7) is 11.1. The van der Waals surface area contributed by atoms with Crippen molar-refractivity contribution in [3.8, 4) is 0 Å². The first kappa shape index (κ1) is 21.9. The number of esters is 2. The molecule has 0 aliphatic rings. The Bertz CT molecular complexity index is 497. The molecule has 0 fully saturated rings. The van der Waals surface area contributed by atoms with Gasteiger partial charge in [-0.05, 0) is 48.5 Å². The standard InChI is InChI=1S/C15H29NO6S/c1-11(23(8,19)20)16(9-12(17)21-14(2,3)4)10-13(18)22-15(5,6)7/h11H,9-10H2,1-8H3. The summed E-state index contributed by atoms with van der Waals surface area (Å²) in [5, 5.41) is -1.01. The molecule has 0 radical (unpaired) electrons. The molecule has 0 bridgehead atoms. The maximum absolute atomic E-state index is 12.0. The Kier molecular flexibility index (Phi) is 7.23. The topological polar surface area (TPSA) is 90.0 Å². The van der Waals surface area contributed by atoms with E-state index < -0.39 is 38.4 Å². The van der Waals surface area contributed by atoms with E-state index in [0.717, 1.165) is 6.26 Å². The molecule has 136 valence electrons. The highest BCUT2D eigenvalue weighted by Gasteiger charge is 2.30. The van der Waals surface area contributed by atoms with Gasteiger partial charge in [0.1, 0.15) is 16.6 Å². The lowest BCUT2D eigenvalue weighted by Gasteiger charge is -2.29. The van der Waals surface area contributed by atoms with Crippen LogP contribution in [0.15, 0.2) is 0 Å². The van der Waals surface area contributed by atoms with Crippen LogP contribution in [0.25, 0.3) is 0 Å². The summed E-state index contributed by atoms with van der Waals surface area (Å²) in [5.41, 5.74) is -1.38. The third-order valence-corrected chi connectivity index (χ3v) is 4.18. The molecule has 0 amide bonds. The highest BCUT2D eigenvalue weighted by atomic mass is 32.2. The lowest BCUT2D eigenvalue weighted by Crippen LogP contribution is -2.46. The van der Waals surface area contributed by atoms with Crippen LogP contribution in [0.5, 0.6) is 0 Å². The summed E-state index contributed by atoms with van der Waals surface area (Å²) in [7, 11) is -3.47. The quantitative estimate of drug-likeness (QED) is 0.667. The third kappa shape index (κ3) is 10.3. The van der Waals surface area contributed by atoms with Gasteiger partial charge in [0.2, 0.25) is 0 Å². The van der Waals surface area contributed by atoms with E-state index in [2.05, 4.69) is 0 Å². The molecular weight excluding hydrogens is 322 g/mol. The fourth-order valence-corrected chi connectivity index (χ4v) is 2.35. The fraction of sp³-hybridized carbons (Fsp3) is 0.867. The average Bonchev–Trinajstić information content (AvgIpc) is 2.20. The van der Waals surface area contributed by atoms with Crippen molar-refractivity contribution < 1.29 is 27.5 Å². The first-order valence-electron chi connectivity index (χ1n) is 7.38. The van der Waals surface area contributed by atoms with E-state index in [-0.39, 0.29) is 13.1 Å². The predicted molar refractivity (Wildman–Crippen MR) is 87.6 cm³/mol. The number of carbonyl (C=O) groups excluding carboxylic acids is 2. The summed E-state index contributed by atoms with van der Waals surface area (Å²) in [5.74, 6) is -1.20. The lowest BCUT2D eigenvalue weighted by atomic mass is 10.2. The highest BCUT2D eigenvalue weighted by molar-refractivity contribution is 7.91. The molecule has 23 heavy (non-hydrogen) atoms. The molecule has 1 unspecified atom stereocenters. The zero-order chi connectivity index (χ0) is 18.6. The van der Waals surface area contributed by atoms with E-state index in [9.17, 15) is 18.0 Å². The molecule has 0 aromatic heterocycles. The Morgan fingerprint density at radius 3 is 1.43 bits per heavy atom. The van der Waals surface area contributed by atoms with Crippen LogP contribution in [0, 0.1) is 0 Å². The Balaban J connectivity index is 5.11. The van der Waals surface area contributed by atoms with Gasteiger partial charge in [0.15, 0.2) is 9.84 Å². The van der Waals surface area contributed by atoms with Gasteiger partial charge in [-0.15, -0.1) is 0 Å². The summed E-state index contributed by atoms with van der Waals surface area (Å²) >= 11 is 0. The van der Waals surface area contributed by atoms with Crippen molar-refractivity contribution in [2.75, 3.05) is 19.3 Å². The van der Waals surface area contributed by atoms with Gasteiger partial charge in [-0.1, -0.05) is 0 Å². The largest absolute Gasteiger partial charge is 0.459 e. The van der Waals surface area contributed by atoms with Crippen molar-refractivity contribution in [3.63, 3.8) is 0 Å². The van der Waals surface area contributed by atoms with Crippen molar-refractivity contribution in [1.29, 1.82) is 0 Å². The SMILES string of the molecule is CC(N(CC(=O)OC(C)(C)C)CC(=O)OC(C)(C)C)S(C)(=O)=O. The normalized spacial score (nSPS) is 14.5. The van der Waals surface area contributed by atoms with Crippen LogP contribution in [-0.4, -0.2) is 61.2 Å². The molecule has 0 aliphatic carbocycles. The van der Waals surface area contributed by atoms with E-state index in [1.807, 2.05) is 0 Å². The van der Waals surface area contributed by atoms with Crippen LogP contribution in [0.3, 0.4) is 0 Å². The maximum Gasteiger partial charge on any atom is 0.320 e. The number of hydrogen-bond acceptors (Lipinski definition) is 7. The van der Waals surface area contributed by atoms with Gasteiger partial charge in [-0.3, -0.25) is 14.5 Å². The van der Waals surface area contributed by atoms with Gasteiger partial charge in [-0.2, -0.15) is 0 Å². The first-order valence-corrected chi connectivity index (χ1v) is 9.33. The van der Waals surface area contributed by atoms with E-state index >= 15 is 0 Å². The Morgan fingerprint density at radius 1 is 0.913 bits per heavy atom. The van der Waals surface area contributed by atoms with Crippen molar-refractivity contribution in [2.24, 2.45) is 0 Å². The average molecular weight is 351 g/mol. The molecule has 0 heterocycles. The van der Waals surface area contributed by atoms with Gasteiger partial charge in [0.05, 0.1) is 13.1 Å². The minimum Gasteiger partial charge on any atom is -0.459 e. The van der Waals surface area contributed by atoms with E-state index in [1.165, 1.54) is 11.8 Å². The molecule has 0 saturated carbocycles. The highest BCUT2D eigenvalue weighted by Crippen LogP contribution is 2.13. The summed E-state index contributed by atoms with van der Waals surface area (Å²) in [6.07, 6.45) is 1.05. The molecule has 7 nitrogen and oxygen atoms in total. The van der Waals surface area contributed by atoms with Crippen LogP contribution in [0.1, 0.15) is 48.5 Å². The number of hydrogen-bond donors (Lipinski definition) is 0. The zero-order valence-corrected chi connectivity index (χ0v) is 16.1. The molecule has 8 heteroatoms. The van der Waals surface area contributed by atoms with Crippen LogP contribution in [-0.2, 0) is 28.9 Å². The molecule has 0 saturated heterocycles. The molecule has 0 aromatic rings. The maximum atomic E-state index is 12.0. The van der Waals surface area contributed by atoms with Gasteiger partial charge in [0.25, 0.3) is 0 Å². The van der Waals surface area contributed by atoms with Gasteiger partial charge in [0, 0.05) is 6.26 Å². The predicted octanol–water partition coefficient (Wildman–Crippen LogP) is 1.36. The summed E-state index contributed by atoms with van der Waals surface area (Å²) < 4.78 is 33.9. The molecule has 0 spiro atoms. The van der Waals surface area contributed by atoms with Gasteiger partial charge < -0.3 is 9.47 Å². The molecule has 0 aliphatic heterocycles. The summed E-state index contributed by atoms with van der Waals surface area (Å²) in [4.78, 5) is 25.1. The van der Waals surface area contributed by atoms with Crippen molar-refractivity contribution in [1.82, 2.24) is 4.90 Å². The number of sulfone groups is 1. The van der Waals surface area contributed by atoms with E-state index in [4.69, 9.17) is 9.47 Å². The number of rotatable bonds is 6. The number of nitrogens with zero attached hydrogens (tertiary/aromatic N) is 1. The molecule has 0 N–H and O–H groups in total. The van der Waals surface area contributed by atoms with Crippen molar-refractivity contribution in [2.45, 2.75) is 65.0 Å². The lowest BCUT2D eigenvalue weighted by molar-refractivity contribution is -0.160. The Hall–Kier alpha value is -1.15. The minimum absolute atomic E-state index is 0.315. The monoisotopic (exact) mass is 351 g/mol. The number of ether oxygens (including phenoxy) is 2. The van der Waals surface area contributed by atoms with Crippen LogP contribution in [0.2, 0.25) is 0 Å². The summed E-state index contributed by atoms with van der Waals surface area (Å²) in [6, 6.07) is 0. The second-order valence-corrected chi connectivity index (χ2v) is 9.85. The Morgan fingerprint density at radius 2 is 1.22 bits per heavy atom. The van der Waals surface area contributed by atoms with Crippen LogP contribution < -0.4 is 0 Å². The van der Waals surface area contributed by atoms with Crippen molar-refractivity contribution in [3.05, 3.63) is 0 Å². The van der Waals surface area contributed by atoms with Crippen LogP contribution >= 0.6 is 0 Å². The molecule has 1 atom stereocenters. The van der Waals surface area contributed by atoms with Gasteiger partial charge in [-0.25, -0.2) is 8.42 Å². The number of carbonyl (C=O) groups is 2. The second kappa shape index (κ2) is 7.61. The van der Waals surface area contributed by atoms with Crippen LogP contribution in [0.4, 0.5) is 0 Å². The smallest absolute Gasteiger partial charge is 0.320 e. The second-order valence-electron chi connectivity index (χ2n) is 7.51. The minimum atomic E-state index is -3.47.